The Morgan fingerprint density at radius 2 is 1.87 bits per heavy atom. The number of benzene rings is 2. The van der Waals surface area contributed by atoms with E-state index in [1.165, 1.54) is 11.0 Å². The molecule has 0 spiro atoms. The van der Waals surface area contributed by atoms with E-state index >= 15 is 0 Å². The minimum atomic E-state index is -4.61. The number of fused-ring (bicyclic) bond motifs is 1. The summed E-state index contributed by atoms with van der Waals surface area (Å²) in [4.78, 5) is 30.4. The van der Waals surface area contributed by atoms with Crippen LogP contribution < -0.4 is 5.32 Å². The van der Waals surface area contributed by atoms with Gasteiger partial charge in [0, 0.05) is 24.7 Å². The molecule has 0 saturated carbocycles. The molecular formula is C26H28ClF3N4O4. The third-order valence-corrected chi connectivity index (χ3v) is 6.84. The van der Waals surface area contributed by atoms with E-state index in [1.54, 1.807) is 36.4 Å². The highest BCUT2D eigenvalue weighted by atomic mass is 35.5. The predicted molar refractivity (Wildman–Crippen MR) is 134 cm³/mol. The average Bonchev–Trinajstić information content (AvgIpc) is 3.52. The van der Waals surface area contributed by atoms with Gasteiger partial charge in [-0.15, -0.1) is 0 Å². The maximum atomic E-state index is 13.4. The molecule has 0 radical (unpaired) electrons. The largest absolute Gasteiger partial charge is 0.449 e. The van der Waals surface area contributed by atoms with Gasteiger partial charge in [-0.05, 0) is 55.5 Å². The first-order chi connectivity index (χ1) is 18.1. The highest BCUT2D eigenvalue weighted by Crippen LogP contribution is 2.34. The summed E-state index contributed by atoms with van der Waals surface area (Å²) in [6, 6.07) is 13.0. The zero-order valence-electron chi connectivity index (χ0n) is 20.4. The predicted octanol–water partition coefficient (Wildman–Crippen LogP) is 3.69. The SMILES string of the molecule is O=C(NCCCCn1c(C(F)(F)F)nc2ccccc21)[C@H](O)[C@@H](O)C(=O)N1CCCC1c1cccc(Cl)c1. The number of nitrogens with one attached hydrogen (secondary N) is 1. The fourth-order valence-electron chi connectivity index (χ4n) is 4.77. The highest BCUT2D eigenvalue weighted by Gasteiger charge is 2.39. The number of amides is 2. The Kier molecular flexibility index (Phi) is 8.59. The number of hydrogen-bond donors (Lipinski definition) is 3. The van der Waals surface area contributed by atoms with Crippen LogP contribution in [0.4, 0.5) is 13.2 Å². The fraction of sp³-hybridized carbons (Fsp3) is 0.423. The summed E-state index contributed by atoms with van der Waals surface area (Å²) in [5.74, 6) is -2.69. The number of nitrogens with zero attached hydrogens (tertiary/aromatic N) is 3. The van der Waals surface area contributed by atoms with Gasteiger partial charge < -0.3 is 25.0 Å². The van der Waals surface area contributed by atoms with Gasteiger partial charge in [0.25, 0.3) is 11.8 Å². The van der Waals surface area contributed by atoms with Crippen molar-refractivity contribution in [2.75, 3.05) is 13.1 Å². The Morgan fingerprint density at radius 1 is 1.11 bits per heavy atom. The van der Waals surface area contributed by atoms with Crippen molar-refractivity contribution in [1.82, 2.24) is 19.8 Å². The molecule has 1 saturated heterocycles. The number of aliphatic hydroxyl groups is 2. The van der Waals surface area contributed by atoms with Crippen LogP contribution >= 0.6 is 11.6 Å². The number of aliphatic hydroxyl groups excluding tert-OH is 2. The van der Waals surface area contributed by atoms with E-state index in [2.05, 4.69) is 10.3 Å². The second-order valence-electron chi connectivity index (χ2n) is 9.21. The quantitative estimate of drug-likeness (QED) is 0.351. The topological polar surface area (TPSA) is 108 Å². The summed E-state index contributed by atoms with van der Waals surface area (Å²) in [5.41, 5.74) is 1.40. The van der Waals surface area contributed by atoms with Crippen molar-refractivity contribution in [3.05, 3.63) is 64.9 Å². The number of halogens is 4. The van der Waals surface area contributed by atoms with Crippen LogP contribution in [0.5, 0.6) is 0 Å². The smallest absolute Gasteiger partial charge is 0.380 e. The molecule has 1 aliphatic heterocycles. The molecule has 8 nitrogen and oxygen atoms in total. The molecule has 2 amide bonds. The Hall–Kier alpha value is -3.15. The molecule has 3 aromatic rings. The van der Waals surface area contributed by atoms with Crippen molar-refractivity contribution < 1.29 is 33.0 Å². The van der Waals surface area contributed by atoms with Crippen LogP contribution in [-0.4, -0.2) is 61.8 Å². The molecule has 1 aliphatic rings. The van der Waals surface area contributed by atoms with E-state index < -0.39 is 36.0 Å². The molecule has 3 atom stereocenters. The Morgan fingerprint density at radius 3 is 2.61 bits per heavy atom. The molecule has 38 heavy (non-hydrogen) atoms. The molecule has 1 unspecified atom stereocenters. The lowest BCUT2D eigenvalue weighted by atomic mass is 10.0. The molecular weight excluding hydrogens is 525 g/mol. The molecule has 204 valence electrons. The maximum Gasteiger partial charge on any atom is 0.449 e. The maximum absolute atomic E-state index is 13.4. The Bertz CT molecular complexity index is 1300. The van der Waals surface area contributed by atoms with Crippen molar-refractivity contribution in [2.45, 2.75) is 56.7 Å². The number of carbonyl (C=O) groups is 2. The van der Waals surface area contributed by atoms with Gasteiger partial charge in [-0.2, -0.15) is 13.2 Å². The summed E-state index contributed by atoms with van der Waals surface area (Å²) in [7, 11) is 0. The molecule has 0 aliphatic carbocycles. The summed E-state index contributed by atoms with van der Waals surface area (Å²) >= 11 is 6.06. The van der Waals surface area contributed by atoms with Crippen LogP contribution in [0.3, 0.4) is 0 Å². The van der Waals surface area contributed by atoms with Gasteiger partial charge >= 0.3 is 6.18 Å². The number of hydrogen-bond acceptors (Lipinski definition) is 5. The first kappa shape index (κ1) is 27.9. The van der Waals surface area contributed by atoms with Crippen molar-refractivity contribution >= 4 is 34.4 Å². The van der Waals surface area contributed by atoms with Crippen LogP contribution in [0.15, 0.2) is 48.5 Å². The van der Waals surface area contributed by atoms with Crippen molar-refractivity contribution in [3.63, 3.8) is 0 Å². The standard InChI is InChI=1S/C26H28ClF3N4O4/c27-17-8-5-7-16(15-17)19-11-6-14-33(19)24(38)22(36)21(35)23(37)31-12-3-4-13-34-20-10-2-1-9-18(20)32-25(34)26(28,29)30/h1-2,5,7-10,15,19,21-22,35-36H,3-4,6,11-14H2,(H,31,37)/t19?,21-,22-/m1/s1. The number of carbonyl (C=O) groups excluding carboxylic acids is 2. The monoisotopic (exact) mass is 552 g/mol. The van der Waals surface area contributed by atoms with E-state index in [0.29, 0.717) is 36.3 Å². The Balaban J connectivity index is 1.29. The summed E-state index contributed by atoms with van der Waals surface area (Å²) < 4.78 is 41.4. The van der Waals surface area contributed by atoms with Gasteiger partial charge in [0.1, 0.15) is 0 Å². The third-order valence-electron chi connectivity index (χ3n) is 6.61. The van der Waals surface area contributed by atoms with Gasteiger partial charge in [0.15, 0.2) is 12.2 Å². The lowest BCUT2D eigenvalue weighted by molar-refractivity contribution is -0.153. The van der Waals surface area contributed by atoms with Crippen molar-refractivity contribution in [3.8, 4) is 0 Å². The molecule has 1 aromatic heterocycles. The summed E-state index contributed by atoms with van der Waals surface area (Å²) in [5, 5.41) is 23.7. The van der Waals surface area contributed by atoms with E-state index in [4.69, 9.17) is 11.6 Å². The van der Waals surface area contributed by atoms with E-state index in [1.807, 2.05) is 6.07 Å². The first-order valence-corrected chi connectivity index (χ1v) is 12.7. The third kappa shape index (κ3) is 6.11. The number of aryl methyl sites for hydroxylation is 1. The van der Waals surface area contributed by atoms with Crippen LogP contribution in [0, 0.1) is 0 Å². The van der Waals surface area contributed by atoms with Gasteiger partial charge in [-0.3, -0.25) is 9.59 Å². The van der Waals surface area contributed by atoms with E-state index in [-0.39, 0.29) is 31.1 Å². The van der Waals surface area contributed by atoms with Gasteiger partial charge in [0.2, 0.25) is 5.82 Å². The van der Waals surface area contributed by atoms with Crippen LogP contribution in [0.25, 0.3) is 11.0 Å². The first-order valence-electron chi connectivity index (χ1n) is 12.3. The minimum absolute atomic E-state index is 0.0226. The second-order valence-corrected chi connectivity index (χ2v) is 9.64. The van der Waals surface area contributed by atoms with Crippen molar-refractivity contribution in [1.29, 1.82) is 0 Å². The fourth-order valence-corrected chi connectivity index (χ4v) is 4.97. The summed E-state index contributed by atoms with van der Waals surface area (Å²) in [6.45, 7) is 0.429. The van der Waals surface area contributed by atoms with E-state index in [0.717, 1.165) is 10.1 Å². The number of imidazole rings is 1. The second kappa shape index (κ2) is 11.7. The molecule has 0 bridgehead atoms. The van der Waals surface area contributed by atoms with Gasteiger partial charge in [-0.1, -0.05) is 35.9 Å². The zero-order valence-corrected chi connectivity index (χ0v) is 21.1. The van der Waals surface area contributed by atoms with Crippen LogP contribution in [0.1, 0.15) is 43.1 Å². The molecule has 2 aromatic carbocycles. The lowest BCUT2D eigenvalue weighted by Gasteiger charge is -2.28. The zero-order chi connectivity index (χ0) is 27.4. The summed E-state index contributed by atoms with van der Waals surface area (Å²) in [6.07, 6.45) is -6.62. The minimum Gasteiger partial charge on any atom is -0.380 e. The lowest BCUT2D eigenvalue weighted by Crippen LogP contribution is -2.50. The number of rotatable bonds is 9. The molecule has 2 heterocycles. The van der Waals surface area contributed by atoms with E-state index in [9.17, 15) is 33.0 Å². The number of likely N-dealkylation sites (tertiary alicyclic amines) is 1. The molecule has 1 fully saturated rings. The van der Waals surface area contributed by atoms with Gasteiger partial charge in [0.05, 0.1) is 17.1 Å². The average molecular weight is 553 g/mol. The number of para-hydroxylation sites is 2. The molecule has 4 rings (SSSR count). The highest BCUT2D eigenvalue weighted by molar-refractivity contribution is 6.30. The van der Waals surface area contributed by atoms with Gasteiger partial charge in [-0.25, -0.2) is 4.98 Å². The molecule has 12 heteroatoms. The normalized spacial score (nSPS) is 17.5. The number of unbranched alkanes of at least 4 members (excludes halogenated alkanes) is 1. The molecule has 3 N–H and O–H groups in total. The van der Waals surface area contributed by atoms with Crippen LogP contribution in [-0.2, 0) is 22.3 Å². The number of aromatic nitrogens is 2. The van der Waals surface area contributed by atoms with Crippen LogP contribution in [0.2, 0.25) is 5.02 Å². The number of alkyl halides is 3. The Labute approximate surface area is 222 Å². The van der Waals surface area contributed by atoms with Crippen molar-refractivity contribution in [2.24, 2.45) is 0 Å².